The number of nitrogens with one attached hydrogen (secondary N) is 1. The fraction of sp³-hybridized carbons (Fsp3) is 0.923. The van der Waals surface area contributed by atoms with Gasteiger partial charge in [-0.3, -0.25) is 9.69 Å². The van der Waals surface area contributed by atoms with Crippen LogP contribution in [0.1, 0.15) is 26.2 Å². The molecule has 17 heavy (non-hydrogen) atoms. The van der Waals surface area contributed by atoms with Crippen LogP contribution < -0.4 is 5.32 Å². The Labute approximate surface area is 104 Å². The molecule has 2 saturated heterocycles. The Bertz CT molecular complexity index is 243. The van der Waals surface area contributed by atoms with E-state index in [-0.39, 0.29) is 0 Å². The lowest BCUT2D eigenvalue weighted by Crippen LogP contribution is -2.49. The molecule has 98 valence electrons. The molecule has 2 aliphatic heterocycles. The summed E-state index contributed by atoms with van der Waals surface area (Å²) in [4.78, 5) is 16.6. The Balaban J connectivity index is 1.70. The van der Waals surface area contributed by atoms with Gasteiger partial charge in [-0.15, -0.1) is 0 Å². The van der Waals surface area contributed by atoms with Crippen LogP contribution in [0.25, 0.3) is 0 Å². The number of carbonyl (C=O) groups excluding carboxylic acids is 1. The summed E-state index contributed by atoms with van der Waals surface area (Å²) in [5, 5.41) is 3.33. The van der Waals surface area contributed by atoms with Gasteiger partial charge in [0.1, 0.15) is 0 Å². The van der Waals surface area contributed by atoms with Gasteiger partial charge in [0.2, 0.25) is 5.91 Å². The average Bonchev–Trinajstić information content (AvgIpc) is 2.83. The number of hydrogen-bond acceptors (Lipinski definition) is 3. The average molecular weight is 239 g/mol. The molecule has 1 unspecified atom stereocenters. The number of hydrogen-bond donors (Lipinski definition) is 1. The highest BCUT2D eigenvalue weighted by atomic mass is 16.2. The van der Waals surface area contributed by atoms with Crippen molar-refractivity contribution in [3.63, 3.8) is 0 Å². The summed E-state index contributed by atoms with van der Waals surface area (Å²) in [6.07, 6.45) is 3.13. The van der Waals surface area contributed by atoms with Crippen molar-refractivity contribution in [3.8, 4) is 0 Å². The van der Waals surface area contributed by atoms with E-state index in [1.807, 2.05) is 0 Å². The highest BCUT2D eigenvalue weighted by Crippen LogP contribution is 2.14. The maximum atomic E-state index is 12.1. The minimum absolute atomic E-state index is 0.370. The Morgan fingerprint density at radius 3 is 2.65 bits per heavy atom. The molecule has 2 rings (SSSR count). The standard InChI is InChI=1S/C13H25N3O/c1-2-5-15-6-8-16(9-7-15)13(17)10-12-3-4-14-11-12/h12,14H,2-11H2,1H3. The number of nitrogens with zero attached hydrogens (tertiary/aromatic N) is 2. The number of carbonyl (C=O) groups is 1. The molecular formula is C13H25N3O. The van der Waals surface area contributed by atoms with Gasteiger partial charge in [0, 0.05) is 32.6 Å². The molecule has 0 aromatic rings. The van der Waals surface area contributed by atoms with Crippen LogP contribution in [0, 0.1) is 5.92 Å². The maximum absolute atomic E-state index is 12.1. The first-order valence-electron chi connectivity index (χ1n) is 7.00. The normalized spacial score (nSPS) is 26.4. The first-order valence-corrected chi connectivity index (χ1v) is 7.00. The zero-order chi connectivity index (χ0) is 12.1. The van der Waals surface area contributed by atoms with E-state index in [2.05, 4.69) is 22.0 Å². The summed E-state index contributed by atoms with van der Waals surface area (Å²) < 4.78 is 0. The number of piperazine rings is 1. The van der Waals surface area contributed by atoms with Gasteiger partial charge in [-0.1, -0.05) is 6.92 Å². The van der Waals surface area contributed by atoms with Crippen LogP contribution in [0.5, 0.6) is 0 Å². The second-order valence-corrected chi connectivity index (χ2v) is 5.29. The van der Waals surface area contributed by atoms with Gasteiger partial charge in [-0.2, -0.15) is 0 Å². The summed E-state index contributed by atoms with van der Waals surface area (Å²) in [7, 11) is 0. The second kappa shape index (κ2) is 6.36. The molecular weight excluding hydrogens is 214 g/mol. The van der Waals surface area contributed by atoms with Gasteiger partial charge in [0.25, 0.3) is 0 Å². The Morgan fingerprint density at radius 1 is 1.29 bits per heavy atom. The van der Waals surface area contributed by atoms with E-state index in [1.54, 1.807) is 0 Å². The lowest BCUT2D eigenvalue weighted by molar-refractivity contribution is -0.133. The summed E-state index contributed by atoms with van der Waals surface area (Å²) in [5.41, 5.74) is 0. The lowest BCUT2D eigenvalue weighted by Gasteiger charge is -2.35. The molecule has 0 aromatic heterocycles. The van der Waals surface area contributed by atoms with Crippen LogP contribution >= 0.6 is 0 Å². The summed E-state index contributed by atoms with van der Waals surface area (Å²) >= 11 is 0. The Kier molecular flexibility index (Phi) is 4.80. The molecule has 2 aliphatic rings. The highest BCUT2D eigenvalue weighted by Gasteiger charge is 2.24. The van der Waals surface area contributed by atoms with Crippen molar-refractivity contribution in [1.29, 1.82) is 0 Å². The predicted octanol–water partition coefficient (Wildman–Crippen LogP) is 0.540. The number of amides is 1. The highest BCUT2D eigenvalue weighted by molar-refractivity contribution is 5.76. The van der Waals surface area contributed by atoms with Crippen LogP contribution in [0.3, 0.4) is 0 Å². The van der Waals surface area contributed by atoms with Gasteiger partial charge in [-0.25, -0.2) is 0 Å². The monoisotopic (exact) mass is 239 g/mol. The molecule has 0 bridgehead atoms. The van der Waals surface area contributed by atoms with E-state index in [0.717, 1.165) is 45.7 Å². The Morgan fingerprint density at radius 2 is 2.06 bits per heavy atom. The summed E-state index contributed by atoms with van der Waals surface area (Å²) in [6.45, 7) is 9.48. The fourth-order valence-corrected chi connectivity index (χ4v) is 2.80. The van der Waals surface area contributed by atoms with Gasteiger partial charge < -0.3 is 10.2 Å². The molecule has 4 heteroatoms. The summed E-state index contributed by atoms with van der Waals surface area (Å²) in [5.74, 6) is 0.950. The largest absolute Gasteiger partial charge is 0.340 e. The topological polar surface area (TPSA) is 35.6 Å². The first kappa shape index (κ1) is 12.8. The number of rotatable bonds is 4. The zero-order valence-corrected chi connectivity index (χ0v) is 11.0. The van der Waals surface area contributed by atoms with E-state index >= 15 is 0 Å². The van der Waals surface area contributed by atoms with Gasteiger partial charge in [0.05, 0.1) is 0 Å². The van der Waals surface area contributed by atoms with Crippen molar-refractivity contribution in [2.75, 3.05) is 45.8 Å². The van der Waals surface area contributed by atoms with Crippen LogP contribution in [-0.2, 0) is 4.79 Å². The molecule has 0 radical (unpaired) electrons. The molecule has 2 fully saturated rings. The van der Waals surface area contributed by atoms with Gasteiger partial charge >= 0.3 is 0 Å². The van der Waals surface area contributed by atoms with Crippen LogP contribution in [0.2, 0.25) is 0 Å². The third kappa shape index (κ3) is 3.68. The van der Waals surface area contributed by atoms with Crippen LogP contribution in [0.4, 0.5) is 0 Å². The Hall–Kier alpha value is -0.610. The molecule has 4 nitrogen and oxygen atoms in total. The third-order valence-electron chi connectivity index (χ3n) is 3.89. The molecule has 0 spiro atoms. The second-order valence-electron chi connectivity index (χ2n) is 5.29. The molecule has 2 heterocycles. The molecule has 0 aromatic carbocycles. The van der Waals surface area contributed by atoms with E-state index in [9.17, 15) is 4.79 Å². The molecule has 1 amide bonds. The third-order valence-corrected chi connectivity index (χ3v) is 3.89. The van der Waals surface area contributed by atoms with E-state index in [0.29, 0.717) is 11.8 Å². The SMILES string of the molecule is CCCN1CCN(C(=O)CC2CCNC2)CC1. The van der Waals surface area contributed by atoms with Gasteiger partial charge in [-0.05, 0) is 38.4 Å². The first-order chi connectivity index (χ1) is 8.29. The van der Waals surface area contributed by atoms with Crippen LogP contribution in [0.15, 0.2) is 0 Å². The van der Waals surface area contributed by atoms with Gasteiger partial charge in [0.15, 0.2) is 0 Å². The van der Waals surface area contributed by atoms with E-state index in [1.165, 1.54) is 19.4 Å². The quantitative estimate of drug-likeness (QED) is 0.778. The minimum atomic E-state index is 0.370. The van der Waals surface area contributed by atoms with Crippen molar-refractivity contribution >= 4 is 5.91 Å². The fourth-order valence-electron chi connectivity index (χ4n) is 2.80. The smallest absolute Gasteiger partial charge is 0.222 e. The van der Waals surface area contributed by atoms with E-state index < -0.39 is 0 Å². The van der Waals surface area contributed by atoms with Crippen molar-refractivity contribution in [3.05, 3.63) is 0 Å². The van der Waals surface area contributed by atoms with Crippen molar-refractivity contribution in [2.24, 2.45) is 5.92 Å². The summed E-state index contributed by atoms with van der Waals surface area (Å²) in [6, 6.07) is 0. The van der Waals surface area contributed by atoms with Crippen LogP contribution in [-0.4, -0.2) is 61.5 Å². The van der Waals surface area contributed by atoms with Crippen molar-refractivity contribution in [2.45, 2.75) is 26.2 Å². The maximum Gasteiger partial charge on any atom is 0.222 e. The van der Waals surface area contributed by atoms with Crippen molar-refractivity contribution in [1.82, 2.24) is 15.1 Å². The molecule has 1 N–H and O–H groups in total. The molecule has 1 atom stereocenters. The van der Waals surface area contributed by atoms with E-state index in [4.69, 9.17) is 0 Å². The predicted molar refractivity (Wildman–Crippen MR) is 68.9 cm³/mol. The molecule has 0 saturated carbocycles. The zero-order valence-electron chi connectivity index (χ0n) is 11.0. The van der Waals surface area contributed by atoms with Crippen molar-refractivity contribution < 1.29 is 4.79 Å². The minimum Gasteiger partial charge on any atom is -0.340 e. The molecule has 0 aliphatic carbocycles. The lowest BCUT2D eigenvalue weighted by atomic mass is 10.0.